The van der Waals surface area contributed by atoms with E-state index < -0.39 is 30.9 Å². The van der Waals surface area contributed by atoms with Crippen molar-refractivity contribution in [3.8, 4) is 0 Å². The number of nitrogens with one attached hydrogen (secondary N) is 1. The van der Waals surface area contributed by atoms with Crippen LogP contribution in [0.5, 0.6) is 0 Å². The average molecular weight is 381 g/mol. The minimum atomic E-state index is -1.17. The Morgan fingerprint density at radius 2 is 1.70 bits per heavy atom. The summed E-state index contributed by atoms with van der Waals surface area (Å²) in [4.78, 5) is 34.4. The normalized spacial score (nSPS) is 12.4. The van der Waals surface area contributed by atoms with Crippen molar-refractivity contribution in [2.75, 3.05) is 27.4 Å². The number of esters is 1. The van der Waals surface area contributed by atoms with Gasteiger partial charge in [-0.15, -0.1) is 0 Å². The molecule has 8 heteroatoms. The van der Waals surface area contributed by atoms with E-state index in [0.717, 1.165) is 27.1 Å². The molecule has 8 nitrogen and oxygen atoms in total. The van der Waals surface area contributed by atoms with Crippen molar-refractivity contribution in [1.29, 1.82) is 0 Å². The molecular weight excluding hydrogens is 354 g/mol. The summed E-state index contributed by atoms with van der Waals surface area (Å²) in [5.41, 5.74) is 1.27. The van der Waals surface area contributed by atoms with Crippen LogP contribution in [0.4, 0.5) is 9.59 Å². The summed E-state index contributed by atoms with van der Waals surface area (Å²) < 4.78 is 18.8. The minimum absolute atomic E-state index is 0.210. The molecule has 0 saturated heterocycles. The maximum atomic E-state index is 11.6. The molecular formula is C19H27NO7. The van der Waals surface area contributed by atoms with Gasteiger partial charge in [0.15, 0.2) is 6.04 Å². The largest absolute Gasteiger partial charge is 0.508 e. The summed E-state index contributed by atoms with van der Waals surface area (Å²) in [7, 11) is 2.31. The highest BCUT2D eigenvalue weighted by atomic mass is 16.7. The number of aryl methyl sites for hydroxylation is 1. The van der Waals surface area contributed by atoms with Crippen LogP contribution >= 0.6 is 0 Å². The molecule has 0 fully saturated rings. The standard InChI is InChI=1S/C19H27NO7/c1-14(9-10-15-7-5-4-6-8-15)11-12-26-19(23)27-13-16(17(21)24-2)20-18(22)25-3/h4-8,14,16H,9-13H2,1-3H3,(H,20,22). The van der Waals surface area contributed by atoms with Gasteiger partial charge < -0.3 is 24.3 Å². The Morgan fingerprint density at radius 1 is 1.00 bits per heavy atom. The molecule has 1 aromatic carbocycles. The molecule has 0 saturated carbocycles. The zero-order chi connectivity index (χ0) is 20.1. The van der Waals surface area contributed by atoms with E-state index in [-0.39, 0.29) is 6.61 Å². The lowest BCUT2D eigenvalue weighted by atomic mass is 9.99. The number of benzene rings is 1. The zero-order valence-corrected chi connectivity index (χ0v) is 15.9. The van der Waals surface area contributed by atoms with E-state index in [1.807, 2.05) is 18.2 Å². The van der Waals surface area contributed by atoms with Crippen molar-refractivity contribution in [3.05, 3.63) is 35.9 Å². The summed E-state index contributed by atoms with van der Waals surface area (Å²) in [6, 6.07) is 9.00. The number of ether oxygens (including phenoxy) is 4. The number of rotatable bonds is 10. The van der Waals surface area contributed by atoms with Crippen LogP contribution in [-0.4, -0.2) is 51.7 Å². The van der Waals surface area contributed by atoms with Gasteiger partial charge in [-0.25, -0.2) is 14.4 Å². The second-order valence-corrected chi connectivity index (χ2v) is 6.04. The van der Waals surface area contributed by atoms with E-state index in [1.54, 1.807) is 0 Å². The fourth-order valence-corrected chi connectivity index (χ4v) is 2.25. The lowest BCUT2D eigenvalue weighted by Gasteiger charge is -2.16. The molecule has 2 unspecified atom stereocenters. The first-order chi connectivity index (χ1) is 13.0. The average Bonchev–Trinajstić information content (AvgIpc) is 2.69. The third-order valence-corrected chi connectivity index (χ3v) is 3.93. The molecule has 27 heavy (non-hydrogen) atoms. The van der Waals surface area contributed by atoms with E-state index in [2.05, 4.69) is 33.8 Å². The number of hydrogen-bond donors (Lipinski definition) is 1. The number of hydrogen-bond acceptors (Lipinski definition) is 7. The Kier molecular flexibility index (Phi) is 10.4. The number of methoxy groups -OCH3 is 2. The number of amides is 1. The minimum Gasteiger partial charge on any atom is -0.467 e. The smallest absolute Gasteiger partial charge is 0.467 e. The molecule has 0 aliphatic carbocycles. The number of carbonyl (C=O) groups excluding carboxylic acids is 3. The maximum Gasteiger partial charge on any atom is 0.508 e. The van der Waals surface area contributed by atoms with Crippen molar-refractivity contribution in [1.82, 2.24) is 5.32 Å². The van der Waals surface area contributed by atoms with Gasteiger partial charge in [0.05, 0.1) is 20.8 Å². The van der Waals surface area contributed by atoms with E-state index in [4.69, 9.17) is 9.47 Å². The fraction of sp³-hybridized carbons (Fsp3) is 0.526. The van der Waals surface area contributed by atoms with Crippen LogP contribution in [0.2, 0.25) is 0 Å². The van der Waals surface area contributed by atoms with Crippen LogP contribution in [0, 0.1) is 5.92 Å². The van der Waals surface area contributed by atoms with E-state index in [9.17, 15) is 14.4 Å². The third kappa shape index (κ3) is 9.48. The van der Waals surface area contributed by atoms with Gasteiger partial charge in [-0.3, -0.25) is 0 Å². The third-order valence-electron chi connectivity index (χ3n) is 3.93. The Bertz CT molecular complexity index is 591. The second kappa shape index (κ2) is 12.6. The number of carbonyl (C=O) groups is 3. The molecule has 2 atom stereocenters. The molecule has 0 spiro atoms. The molecule has 0 aliphatic rings. The molecule has 0 aliphatic heterocycles. The van der Waals surface area contributed by atoms with Crippen LogP contribution in [0.15, 0.2) is 30.3 Å². The van der Waals surface area contributed by atoms with Crippen molar-refractivity contribution >= 4 is 18.2 Å². The first-order valence-corrected chi connectivity index (χ1v) is 8.72. The second-order valence-electron chi connectivity index (χ2n) is 6.04. The predicted molar refractivity (Wildman–Crippen MR) is 97.2 cm³/mol. The Morgan fingerprint density at radius 3 is 2.33 bits per heavy atom. The highest BCUT2D eigenvalue weighted by molar-refractivity contribution is 5.81. The fourth-order valence-electron chi connectivity index (χ4n) is 2.25. The number of alkyl carbamates (subject to hydrolysis) is 1. The van der Waals surface area contributed by atoms with Crippen LogP contribution in [-0.2, 0) is 30.2 Å². The van der Waals surface area contributed by atoms with Gasteiger partial charge in [-0.2, -0.15) is 0 Å². The van der Waals surface area contributed by atoms with E-state index in [1.165, 1.54) is 5.56 Å². The Hall–Kier alpha value is -2.77. The van der Waals surface area contributed by atoms with Crippen LogP contribution in [0.25, 0.3) is 0 Å². The first-order valence-electron chi connectivity index (χ1n) is 8.72. The summed E-state index contributed by atoms with van der Waals surface area (Å²) in [6.45, 7) is 1.89. The molecule has 1 amide bonds. The molecule has 0 radical (unpaired) electrons. The van der Waals surface area contributed by atoms with Crippen LogP contribution in [0.3, 0.4) is 0 Å². The van der Waals surface area contributed by atoms with Crippen molar-refractivity contribution in [2.45, 2.75) is 32.2 Å². The van der Waals surface area contributed by atoms with Crippen LogP contribution in [0.1, 0.15) is 25.3 Å². The van der Waals surface area contributed by atoms with Gasteiger partial charge in [-0.05, 0) is 30.7 Å². The Balaban J connectivity index is 2.24. The topological polar surface area (TPSA) is 100 Å². The highest BCUT2D eigenvalue weighted by Gasteiger charge is 2.24. The molecule has 1 rings (SSSR count). The molecule has 150 valence electrons. The highest BCUT2D eigenvalue weighted by Crippen LogP contribution is 2.13. The van der Waals surface area contributed by atoms with Crippen molar-refractivity contribution in [3.63, 3.8) is 0 Å². The van der Waals surface area contributed by atoms with Gasteiger partial charge in [0.2, 0.25) is 0 Å². The quantitative estimate of drug-likeness (QED) is 0.491. The van der Waals surface area contributed by atoms with Crippen LogP contribution < -0.4 is 5.32 Å². The van der Waals surface area contributed by atoms with E-state index in [0.29, 0.717) is 12.3 Å². The van der Waals surface area contributed by atoms with Gasteiger partial charge in [0.25, 0.3) is 0 Å². The van der Waals surface area contributed by atoms with Gasteiger partial charge in [-0.1, -0.05) is 37.3 Å². The summed E-state index contributed by atoms with van der Waals surface area (Å²) in [5, 5.41) is 2.21. The maximum absolute atomic E-state index is 11.6. The summed E-state index contributed by atoms with van der Waals surface area (Å²) >= 11 is 0. The lowest BCUT2D eigenvalue weighted by Crippen LogP contribution is -2.45. The lowest BCUT2D eigenvalue weighted by molar-refractivity contribution is -0.144. The van der Waals surface area contributed by atoms with Gasteiger partial charge in [0, 0.05) is 0 Å². The van der Waals surface area contributed by atoms with Gasteiger partial charge >= 0.3 is 18.2 Å². The molecule has 0 bridgehead atoms. The van der Waals surface area contributed by atoms with Gasteiger partial charge in [0.1, 0.15) is 6.61 Å². The monoisotopic (exact) mass is 381 g/mol. The van der Waals surface area contributed by atoms with Crippen molar-refractivity contribution in [2.24, 2.45) is 5.92 Å². The van der Waals surface area contributed by atoms with E-state index >= 15 is 0 Å². The summed E-state index contributed by atoms with van der Waals surface area (Å²) in [5.74, 6) is -0.385. The molecule has 0 heterocycles. The zero-order valence-electron chi connectivity index (χ0n) is 15.9. The predicted octanol–water partition coefficient (Wildman–Crippen LogP) is 2.70. The SMILES string of the molecule is COC(=O)NC(COC(=O)OCCC(C)CCc1ccccc1)C(=O)OC. The summed E-state index contributed by atoms with van der Waals surface area (Å²) in [6.07, 6.45) is 0.894. The first kappa shape index (κ1) is 22.3. The Labute approximate surface area is 159 Å². The van der Waals surface area contributed by atoms with Crippen molar-refractivity contribution < 1.29 is 33.3 Å². The molecule has 0 aromatic heterocycles. The molecule has 1 N–H and O–H groups in total. The molecule has 1 aromatic rings.